The first kappa shape index (κ1) is 16.7. The molecular formula is C19H16FNO4. The second-order valence-electron chi connectivity index (χ2n) is 5.50. The van der Waals surface area contributed by atoms with E-state index in [1.165, 1.54) is 45.3 Å². The first-order valence-electron chi connectivity index (χ1n) is 7.59. The minimum atomic E-state index is -0.387. The summed E-state index contributed by atoms with van der Waals surface area (Å²) in [5.74, 6) is -0.258. The van der Waals surface area contributed by atoms with E-state index in [4.69, 9.17) is 9.15 Å². The minimum absolute atomic E-state index is 0.181. The second kappa shape index (κ2) is 6.39. The van der Waals surface area contributed by atoms with E-state index in [1.807, 2.05) is 0 Å². The molecule has 0 atom stereocenters. The summed E-state index contributed by atoms with van der Waals surface area (Å²) in [5.41, 5.74) is 1.60. The number of carbonyl (C=O) groups excluding carboxylic acids is 2. The second-order valence-corrected chi connectivity index (χ2v) is 5.50. The Morgan fingerprint density at radius 3 is 2.40 bits per heavy atom. The highest BCUT2D eigenvalue weighted by molar-refractivity contribution is 6.13. The zero-order chi connectivity index (χ0) is 18.1. The molecule has 0 aliphatic heterocycles. The van der Waals surface area contributed by atoms with Gasteiger partial charge in [0.05, 0.1) is 18.2 Å². The molecule has 2 aromatic carbocycles. The van der Waals surface area contributed by atoms with Crippen LogP contribution >= 0.6 is 0 Å². The fourth-order valence-electron chi connectivity index (χ4n) is 2.72. The number of rotatable bonds is 4. The predicted molar refractivity (Wildman–Crippen MR) is 91.6 cm³/mol. The smallest absolute Gasteiger partial charge is 0.255 e. The summed E-state index contributed by atoms with van der Waals surface area (Å²) >= 11 is 0. The summed E-state index contributed by atoms with van der Waals surface area (Å²) in [6, 6.07) is 8.80. The molecule has 0 aliphatic rings. The normalized spacial score (nSPS) is 10.7. The molecule has 1 amide bonds. The molecule has 0 aliphatic carbocycles. The molecule has 25 heavy (non-hydrogen) atoms. The summed E-state index contributed by atoms with van der Waals surface area (Å²) in [7, 11) is 2.96. The van der Waals surface area contributed by atoms with Crippen molar-refractivity contribution < 1.29 is 23.1 Å². The molecule has 0 bridgehead atoms. The van der Waals surface area contributed by atoms with E-state index in [0.29, 0.717) is 39.2 Å². The van der Waals surface area contributed by atoms with Crippen LogP contribution in [-0.4, -0.2) is 25.8 Å². The van der Waals surface area contributed by atoms with E-state index in [1.54, 1.807) is 12.1 Å². The number of amides is 1. The summed E-state index contributed by atoms with van der Waals surface area (Å²) in [6.07, 6.45) is 0. The van der Waals surface area contributed by atoms with Crippen molar-refractivity contribution in [3.05, 3.63) is 53.3 Å². The monoisotopic (exact) mass is 341 g/mol. The Kier molecular flexibility index (Phi) is 4.27. The zero-order valence-corrected chi connectivity index (χ0v) is 14.0. The summed E-state index contributed by atoms with van der Waals surface area (Å²) in [4.78, 5) is 24.2. The van der Waals surface area contributed by atoms with Gasteiger partial charge in [-0.3, -0.25) is 9.59 Å². The van der Waals surface area contributed by atoms with Crippen LogP contribution in [-0.2, 0) is 0 Å². The molecule has 1 heterocycles. The van der Waals surface area contributed by atoms with E-state index in [2.05, 4.69) is 5.32 Å². The summed E-state index contributed by atoms with van der Waals surface area (Å²) < 4.78 is 24.3. The minimum Gasteiger partial charge on any atom is -0.496 e. The number of methoxy groups -OCH3 is 1. The molecule has 0 saturated carbocycles. The number of Topliss-reactive ketones (excluding diaryl/α,β-unsaturated/α-hetero) is 1. The van der Waals surface area contributed by atoms with Gasteiger partial charge in [0.25, 0.3) is 5.91 Å². The van der Waals surface area contributed by atoms with Crippen molar-refractivity contribution >= 4 is 22.7 Å². The standard InChI is InChI=1S/C19H16FNO4/c1-10(22)13-8-16-14(9-15(13)24-3)17(19(23)21-2)18(25-16)11-4-6-12(20)7-5-11/h4-9H,1-3H3,(H,21,23). The number of benzene rings is 2. The number of nitrogens with one attached hydrogen (secondary N) is 1. The average Bonchev–Trinajstić information content (AvgIpc) is 2.98. The lowest BCUT2D eigenvalue weighted by Crippen LogP contribution is -2.18. The van der Waals surface area contributed by atoms with Crippen molar-refractivity contribution in [2.45, 2.75) is 6.92 Å². The Bertz CT molecular complexity index is 973. The van der Waals surface area contributed by atoms with Crippen LogP contribution in [0.3, 0.4) is 0 Å². The van der Waals surface area contributed by atoms with Crippen LogP contribution in [0.15, 0.2) is 40.8 Å². The van der Waals surface area contributed by atoms with Crippen LogP contribution in [0.1, 0.15) is 27.6 Å². The van der Waals surface area contributed by atoms with Gasteiger partial charge in [0.1, 0.15) is 22.9 Å². The van der Waals surface area contributed by atoms with Gasteiger partial charge >= 0.3 is 0 Å². The van der Waals surface area contributed by atoms with E-state index in [-0.39, 0.29) is 17.5 Å². The fraction of sp³-hybridized carbons (Fsp3) is 0.158. The van der Waals surface area contributed by atoms with Crippen molar-refractivity contribution in [3.8, 4) is 17.1 Å². The van der Waals surface area contributed by atoms with Crippen molar-refractivity contribution in [2.24, 2.45) is 0 Å². The zero-order valence-electron chi connectivity index (χ0n) is 14.0. The van der Waals surface area contributed by atoms with E-state index >= 15 is 0 Å². The number of halogens is 1. The molecule has 0 radical (unpaired) electrons. The van der Waals surface area contributed by atoms with Crippen LogP contribution in [0.2, 0.25) is 0 Å². The molecular weight excluding hydrogens is 325 g/mol. The third-order valence-electron chi connectivity index (χ3n) is 3.95. The summed E-state index contributed by atoms with van der Waals surface area (Å²) in [6.45, 7) is 1.42. The molecule has 1 N–H and O–H groups in total. The first-order chi connectivity index (χ1) is 12.0. The quantitative estimate of drug-likeness (QED) is 0.733. The Morgan fingerprint density at radius 2 is 1.84 bits per heavy atom. The van der Waals surface area contributed by atoms with E-state index in [0.717, 1.165) is 0 Å². The molecule has 0 unspecified atom stereocenters. The number of ketones is 1. The Morgan fingerprint density at radius 1 is 1.16 bits per heavy atom. The van der Waals surface area contributed by atoms with Gasteiger partial charge in [-0.2, -0.15) is 0 Å². The first-order valence-corrected chi connectivity index (χ1v) is 7.59. The van der Waals surface area contributed by atoms with Crippen LogP contribution in [0.25, 0.3) is 22.3 Å². The van der Waals surface area contributed by atoms with Gasteiger partial charge in [-0.05, 0) is 43.3 Å². The number of furan rings is 1. The average molecular weight is 341 g/mol. The maximum Gasteiger partial charge on any atom is 0.255 e. The molecule has 0 spiro atoms. The molecule has 0 fully saturated rings. The van der Waals surface area contributed by atoms with E-state index in [9.17, 15) is 14.0 Å². The topological polar surface area (TPSA) is 68.5 Å². The highest BCUT2D eigenvalue weighted by atomic mass is 19.1. The third-order valence-corrected chi connectivity index (χ3v) is 3.95. The third kappa shape index (κ3) is 2.87. The van der Waals surface area contributed by atoms with Crippen molar-refractivity contribution in [3.63, 3.8) is 0 Å². The van der Waals surface area contributed by atoms with Gasteiger partial charge in [-0.25, -0.2) is 4.39 Å². The molecule has 5 nitrogen and oxygen atoms in total. The number of fused-ring (bicyclic) bond motifs is 1. The lowest BCUT2D eigenvalue weighted by Gasteiger charge is -2.06. The van der Waals surface area contributed by atoms with E-state index < -0.39 is 0 Å². The number of hydrogen-bond acceptors (Lipinski definition) is 4. The highest BCUT2D eigenvalue weighted by Gasteiger charge is 2.24. The van der Waals surface area contributed by atoms with Crippen molar-refractivity contribution in [1.82, 2.24) is 5.32 Å². The molecule has 3 rings (SSSR count). The Labute approximate surface area is 143 Å². The molecule has 3 aromatic rings. The maximum atomic E-state index is 13.2. The maximum absolute atomic E-state index is 13.2. The number of ether oxygens (including phenoxy) is 1. The lowest BCUT2D eigenvalue weighted by atomic mass is 10.0. The summed E-state index contributed by atoms with van der Waals surface area (Å²) in [5, 5.41) is 3.09. The van der Waals surface area contributed by atoms with Gasteiger partial charge in [0.2, 0.25) is 0 Å². The van der Waals surface area contributed by atoms with Gasteiger partial charge in [-0.1, -0.05) is 0 Å². The largest absolute Gasteiger partial charge is 0.496 e. The number of hydrogen-bond donors (Lipinski definition) is 1. The van der Waals surface area contributed by atoms with Gasteiger partial charge < -0.3 is 14.5 Å². The molecule has 6 heteroatoms. The van der Waals surface area contributed by atoms with Crippen LogP contribution in [0.4, 0.5) is 4.39 Å². The Hall–Kier alpha value is -3.15. The molecule has 1 aromatic heterocycles. The van der Waals surface area contributed by atoms with Gasteiger partial charge in [0, 0.05) is 18.0 Å². The number of carbonyl (C=O) groups is 2. The van der Waals surface area contributed by atoms with Crippen LogP contribution < -0.4 is 10.1 Å². The van der Waals surface area contributed by atoms with Gasteiger partial charge in [-0.15, -0.1) is 0 Å². The van der Waals surface area contributed by atoms with Crippen molar-refractivity contribution in [2.75, 3.05) is 14.2 Å². The lowest BCUT2D eigenvalue weighted by molar-refractivity contribution is 0.0963. The highest BCUT2D eigenvalue weighted by Crippen LogP contribution is 2.37. The van der Waals surface area contributed by atoms with Crippen molar-refractivity contribution in [1.29, 1.82) is 0 Å². The van der Waals surface area contributed by atoms with Gasteiger partial charge in [0.15, 0.2) is 5.78 Å². The SMILES string of the molecule is CNC(=O)c1c(-c2ccc(F)cc2)oc2cc(C(C)=O)c(OC)cc12. The predicted octanol–water partition coefficient (Wildman–Crippen LogP) is 3.81. The molecule has 128 valence electrons. The molecule has 0 saturated heterocycles. The fourth-order valence-corrected chi connectivity index (χ4v) is 2.72. The Balaban J connectivity index is 2.34. The van der Waals surface area contributed by atoms with Crippen LogP contribution in [0, 0.1) is 5.82 Å². The van der Waals surface area contributed by atoms with Crippen LogP contribution in [0.5, 0.6) is 5.75 Å².